The minimum absolute atomic E-state index is 0.0445. The van der Waals surface area contributed by atoms with E-state index in [0.29, 0.717) is 22.2 Å². The van der Waals surface area contributed by atoms with E-state index < -0.39 is 10.0 Å². The summed E-state index contributed by atoms with van der Waals surface area (Å²) in [6.45, 7) is 1.69. The van der Waals surface area contributed by atoms with Gasteiger partial charge in [-0.2, -0.15) is 0 Å². The van der Waals surface area contributed by atoms with Crippen LogP contribution < -0.4 is 19.1 Å². The van der Waals surface area contributed by atoms with Crippen LogP contribution in [0.4, 0.5) is 5.69 Å². The molecule has 0 spiro atoms. The zero-order valence-electron chi connectivity index (χ0n) is 13.9. The summed E-state index contributed by atoms with van der Waals surface area (Å²) in [5.74, 6) is 0.680. The Bertz CT molecular complexity index is 933. The highest BCUT2D eigenvalue weighted by molar-refractivity contribution is 7.89. The zero-order valence-corrected chi connectivity index (χ0v) is 15.5. The van der Waals surface area contributed by atoms with E-state index in [4.69, 9.17) is 21.1 Å². The van der Waals surface area contributed by atoms with Crippen molar-refractivity contribution in [1.29, 1.82) is 0 Å². The summed E-state index contributed by atoms with van der Waals surface area (Å²) in [5.41, 5.74) is 0.604. The molecule has 26 heavy (non-hydrogen) atoms. The molecular weight excluding hydrogens is 380 g/mol. The van der Waals surface area contributed by atoms with E-state index in [9.17, 15) is 13.2 Å². The largest absolute Gasteiger partial charge is 0.454 e. The maximum atomic E-state index is 12.4. The van der Waals surface area contributed by atoms with Crippen molar-refractivity contribution in [2.75, 3.05) is 24.8 Å². The molecule has 1 heterocycles. The van der Waals surface area contributed by atoms with Crippen molar-refractivity contribution in [1.82, 2.24) is 4.72 Å². The summed E-state index contributed by atoms with van der Waals surface area (Å²) in [6, 6.07) is 11.2. The molecule has 1 aliphatic heterocycles. The lowest BCUT2D eigenvalue weighted by molar-refractivity contribution is -0.116. The number of amides is 1. The van der Waals surface area contributed by atoms with Gasteiger partial charge in [0.15, 0.2) is 11.5 Å². The molecule has 0 fully saturated rings. The second-order valence-corrected chi connectivity index (χ2v) is 7.77. The summed E-state index contributed by atoms with van der Waals surface area (Å²) in [7, 11) is -3.74. The Labute approximate surface area is 156 Å². The van der Waals surface area contributed by atoms with E-state index in [-0.39, 0.29) is 30.7 Å². The van der Waals surface area contributed by atoms with Crippen molar-refractivity contribution in [2.45, 2.75) is 11.8 Å². The van der Waals surface area contributed by atoms with E-state index in [1.165, 1.54) is 24.0 Å². The molecule has 0 aliphatic carbocycles. The lowest BCUT2D eigenvalue weighted by Gasteiger charge is -2.21. The second kappa shape index (κ2) is 7.53. The monoisotopic (exact) mass is 396 g/mol. The van der Waals surface area contributed by atoms with Crippen molar-refractivity contribution in [3.05, 3.63) is 47.5 Å². The number of rotatable bonds is 6. The fourth-order valence-electron chi connectivity index (χ4n) is 2.53. The maximum Gasteiger partial charge on any atom is 0.240 e. The van der Waals surface area contributed by atoms with Crippen molar-refractivity contribution >= 4 is 33.2 Å². The highest BCUT2D eigenvalue weighted by atomic mass is 35.5. The molecule has 0 saturated carbocycles. The number of benzene rings is 2. The summed E-state index contributed by atoms with van der Waals surface area (Å²) in [6.07, 6.45) is 0. The first-order valence-corrected chi connectivity index (χ1v) is 9.66. The van der Waals surface area contributed by atoms with Crippen LogP contribution in [0.3, 0.4) is 0 Å². The molecule has 138 valence electrons. The Morgan fingerprint density at radius 2 is 1.96 bits per heavy atom. The second-order valence-electron chi connectivity index (χ2n) is 5.56. The third kappa shape index (κ3) is 4.09. The van der Waals surface area contributed by atoms with Crippen LogP contribution in [0.2, 0.25) is 5.02 Å². The first-order chi connectivity index (χ1) is 12.4. The third-order valence-electron chi connectivity index (χ3n) is 3.78. The number of hydrogen-bond acceptors (Lipinski definition) is 5. The van der Waals surface area contributed by atoms with Crippen molar-refractivity contribution in [3.63, 3.8) is 0 Å². The van der Waals surface area contributed by atoms with Crippen molar-refractivity contribution in [3.8, 4) is 11.5 Å². The molecule has 1 amide bonds. The number of nitrogens with one attached hydrogen (secondary N) is 1. The van der Waals surface area contributed by atoms with Gasteiger partial charge in [0.05, 0.1) is 4.90 Å². The van der Waals surface area contributed by atoms with Gasteiger partial charge in [-0.05, 0) is 30.3 Å². The van der Waals surface area contributed by atoms with Crippen LogP contribution in [0.25, 0.3) is 0 Å². The molecule has 7 nitrogen and oxygen atoms in total. The first-order valence-electron chi connectivity index (χ1n) is 7.80. The number of anilines is 1. The molecule has 0 radical (unpaired) electrons. The van der Waals surface area contributed by atoms with Gasteiger partial charge in [-0.25, -0.2) is 13.1 Å². The van der Waals surface area contributed by atoms with Gasteiger partial charge in [0.25, 0.3) is 0 Å². The van der Waals surface area contributed by atoms with Gasteiger partial charge in [0.1, 0.15) is 0 Å². The van der Waals surface area contributed by atoms with Crippen LogP contribution in [0.5, 0.6) is 11.5 Å². The number of nitrogens with zero attached hydrogens (tertiary/aromatic N) is 1. The lowest BCUT2D eigenvalue weighted by Crippen LogP contribution is -2.37. The number of ether oxygens (including phenoxy) is 2. The Balaban J connectivity index is 1.68. The number of carbonyl (C=O) groups excluding carboxylic acids is 1. The topological polar surface area (TPSA) is 84.9 Å². The molecule has 0 unspecified atom stereocenters. The summed E-state index contributed by atoms with van der Waals surface area (Å²) < 4.78 is 37.7. The Morgan fingerprint density at radius 1 is 1.19 bits per heavy atom. The number of halogens is 1. The molecule has 2 aromatic rings. The van der Waals surface area contributed by atoms with E-state index in [0.717, 1.165) is 0 Å². The van der Waals surface area contributed by atoms with Crippen LogP contribution >= 0.6 is 11.6 Å². The van der Waals surface area contributed by atoms with Gasteiger partial charge in [0.2, 0.25) is 22.7 Å². The van der Waals surface area contributed by atoms with Gasteiger partial charge >= 0.3 is 0 Å². The molecule has 0 atom stereocenters. The average molecular weight is 397 g/mol. The van der Waals surface area contributed by atoms with Crippen LogP contribution in [-0.4, -0.2) is 34.2 Å². The average Bonchev–Trinajstić information content (AvgIpc) is 3.06. The van der Waals surface area contributed by atoms with E-state index in [1.54, 1.807) is 30.3 Å². The third-order valence-corrected chi connectivity index (χ3v) is 5.48. The highest BCUT2D eigenvalue weighted by Gasteiger charge is 2.20. The number of carbonyl (C=O) groups is 1. The number of sulfonamides is 1. The van der Waals surface area contributed by atoms with E-state index >= 15 is 0 Å². The molecule has 0 saturated heterocycles. The van der Waals surface area contributed by atoms with Gasteiger partial charge in [0, 0.05) is 36.8 Å². The van der Waals surface area contributed by atoms with E-state index in [1.807, 2.05) is 0 Å². The fraction of sp³-hybridized carbons (Fsp3) is 0.235. The van der Waals surface area contributed by atoms with Crippen molar-refractivity contribution < 1.29 is 22.7 Å². The molecule has 1 N–H and O–H groups in total. The number of hydrogen-bond donors (Lipinski definition) is 1. The van der Waals surface area contributed by atoms with Crippen LogP contribution in [0.15, 0.2) is 47.4 Å². The molecule has 1 aliphatic rings. The maximum absolute atomic E-state index is 12.4. The molecule has 9 heteroatoms. The highest BCUT2D eigenvalue weighted by Crippen LogP contribution is 2.33. The normalized spacial score (nSPS) is 12.8. The number of fused-ring (bicyclic) bond motifs is 1. The lowest BCUT2D eigenvalue weighted by atomic mass is 10.3. The molecule has 0 aromatic heterocycles. The van der Waals surface area contributed by atoms with Crippen LogP contribution in [-0.2, 0) is 14.8 Å². The Morgan fingerprint density at radius 3 is 2.69 bits per heavy atom. The van der Waals surface area contributed by atoms with Gasteiger partial charge in [-0.3, -0.25) is 4.79 Å². The summed E-state index contributed by atoms with van der Waals surface area (Å²) in [5, 5.41) is 0.495. The first kappa shape index (κ1) is 18.5. The summed E-state index contributed by atoms with van der Waals surface area (Å²) >= 11 is 5.96. The minimum atomic E-state index is -3.74. The molecular formula is C17H17ClN2O5S. The van der Waals surface area contributed by atoms with Gasteiger partial charge in [-0.1, -0.05) is 17.7 Å². The molecule has 3 rings (SSSR count). The van der Waals surface area contributed by atoms with Gasteiger partial charge < -0.3 is 14.4 Å². The predicted octanol–water partition coefficient (Wildman–Crippen LogP) is 2.40. The van der Waals surface area contributed by atoms with Crippen LogP contribution in [0, 0.1) is 0 Å². The minimum Gasteiger partial charge on any atom is -0.454 e. The molecule has 0 bridgehead atoms. The fourth-order valence-corrected chi connectivity index (χ4v) is 3.75. The SMILES string of the molecule is CC(=O)N(CCNS(=O)(=O)c1ccc2c(c1)OCO2)c1cccc(Cl)c1. The van der Waals surface area contributed by atoms with E-state index in [2.05, 4.69) is 4.72 Å². The predicted molar refractivity (Wildman–Crippen MR) is 97.2 cm³/mol. The van der Waals surface area contributed by atoms with Crippen LogP contribution in [0.1, 0.15) is 6.92 Å². The summed E-state index contributed by atoms with van der Waals surface area (Å²) in [4.78, 5) is 13.4. The smallest absolute Gasteiger partial charge is 0.240 e. The van der Waals surface area contributed by atoms with Gasteiger partial charge in [-0.15, -0.1) is 0 Å². The standard InChI is InChI=1S/C17H17ClN2O5S/c1-12(21)20(14-4-2-3-13(18)9-14)8-7-19-26(22,23)15-5-6-16-17(10-15)25-11-24-16/h2-6,9-10,19H,7-8,11H2,1H3. The zero-order chi connectivity index (χ0) is 18.7. The Hall–Kier alpha value is -2.29. The Kier molecular flexibility index (Phi) is 5.36. The van der Waals surface area contributed by atoms with Crippen molar-refractivity contribution in [2.24, 2.45) is 0 Å². The quantitative estimate of drug-likeness (QED) is 0.810. The molecule has 2 aromatic carbocycles.